The molecule has 50 valence electrons. The average molecular weight is 115 g/mol. The predicted molar refractivity (Wildman–Crippen MR) is 42.2 cm³/mol. The molecule has 0 saturated heterocycles. The lowest BCUT2D eigenvalue weighted by Gasteiger charge is -2.00. The molecule has 0 aliphatic rings. The van der Waals surface area contributed by atoms with E-state index in [1.54, 1.807) is 0 Å². The molecule has 0 aliphatic carbocycles. The van der Waals surface area contributed by atoms with E-state index >= 15 is 0 Å². The molecule has 0 amide bonds. The molecule has 0 rings (SSSR count). The van der Waals surface area contributed by atoms with Crippen LogP contribution in [-0.2, 0) is 0 Å². The largest absolute Gasteiger partial charge is 0.344 e. The molecule has 0 heterocycles. The zero-order valence-electron chi connectivity index (χ0n) is 6.41. The molecule has 0 saturated carbocycles. The lowest BCUT2D eigenvalue weighted by atomic mass is 9.44. The molecule has 1 nitrogen and oxygen atoms in total. The molecule has 0 unspecified atom stereocenters. The molecule has 0 aliphatic heterocycles. The third-order valence-electron chi connectivity index (χ3n) is 1.73. The van der Waals surface area contributed by atoms with Crippen LogP contribution in [0.1, 0.15) is 20.8 Å². The van der Waals surface area contributed by atoms with Gasteiger partial charge in [-0.3, -0.25) is 0 Å². The second kappa shape index (κ2) is 7.02. The van der Waals surface area contributed by atoms with Gasteiger partial charge in [0.1, 0.15) is 6.71 Å². The Balaban J connectivity index is 0. The van der Waals surface area contributed by atoms with Crippen LogP contribution in [0.4, 0.5) is 0 Å². The van der Waals surface area contributed by atoms with Crippen molar-refractivity contribution in [3.63, 3.8) is 0 Å². The monoisotopic (exact) mass is 115 g/mol. The fourth-order valence-electron chi connectivity index (χ4n) is 0.866. The van der Waals surface area contributed by atoms with Crippen LogP contribution in [0.5, 0.6) is 0 Å². The Kier molecular flexibility index (Phi) is 9.58. The van der Waals surface area contributed by atoms with E-state index in [0.717, 1.165) is 6.71 Å². The molecule has 0 aromatic rings. The first-order valence-electron chi connectivity index (χ1n) is 3.35. The van der Waals surface area contributed by atoms with E-state index in [9.17, 15) is 0 Å². The third kappa shape index (κ3) is 4.19. The van der Waals surface area contributed by atoms with Gasteiger partial charge in [0, 0.05) is 0 Å². The maximum Gasteiger partial charge on any atom is 0.139 e. The maximum atomic E-state index is 2.26. The summed E-state index contributed by atoms with van der Waals surface area (Å²) in [4.78, 5) is 0. The Hall–Kier alpha value is 0.0249. The Morgan fingerprint density at radius 2 is 1.12 bits per heavy atom. The van der Waals surface area contributed by atoms with E-state index < -0.39 is 0 Å². The molecule has 0 bridgehead atoms. The van der Waals surface area contributed by atoms with Crippen molar-refractivity contribution in [3.05, 3.63) is 0 Å². The molecule has 0 radical (unpaired) electrons. The van der Waals surface area contributed by atoms with Gasteiger partial charge in [0.05, 0.1) is 0 Å². The molecule has 3 N–H and O–H groups in total. The van der Waals surface area contributed by atoms with Crippen LogP contribution in [0, 0.1) is 0 Å². The molecule has 0 spiro atoms. The lowest BCUT2D eigenvalue weighted by molar-refractivity contribution is 1.24. The van der Waals surface area contributed by atoms with E-state index in [2.05, 4.69) is 20.8 Å². The number of hydrogen-bond donors (Lipinski definition) is 1. The van der Waals surface area contributed by atoms with Crippen molar-refractivity contribution in [2.45, 2.75) is 39.7 Å². The Morgan fingerprint density at radius 1 is 0.875 bits per heavy atom. The Bertz CT molecular complexity index is 30.0. The highest BCUT2D eigenvalue weighted by atomic mass is 14.0. The van der Waals surface area contributed by atoms with Gasteiger partial charge in [-0.1, -0.05) is 39.7 Å². The summed E-state index contributed by atoms with van der Waals surface area (Å²) < 4.78 is 0. The molecule has 0 atom stereocenters. The van der Waals surface area contributed by atoms with Crippen molar-refractivity contribution in [2.75, 3.05) is 0 Å². The Morgan fingerprint density at radius 3 is 1.12 bits per heavy atom. The topological polar surface area (TPSA) is 35.0 Å². The van der Waals surface area contributed by atoms with Crippen molar-refractivity contribution in [3.8, 4) is 0 Å². The summed E-state index contributed by atoms with van der Waals surface area (Å²) in [5.41, 5.74) is 0. The zero-order chi connectivity index (χ0) is 5.70. The van der Waals surface area contributed by atoms with Crippen LogP contribution in [0.15, 0.2) is 0 Å². The van der Waals surface area contributed by atoms with Crippen molar-refractivity contribution in [1.29, 1.82) is 0 Å². The molecule has 0 fully saturated rings. The maximum absolute atomic E-state index is 2.26. The van der Waals surface area contributed by atoms with Gasteiger partial charge in [0.15, 0.2) is 0 Å². The summed E-state index contributed by atoms with van der Waals surface area (Å²) >= 11 is 0. The van der Waals surface area contributed by atoms with Crippen molar-refractivity contribution in [1.82, 2.24) is 6.15 Å². The van der Waals surface area contributed by atoms with Crippen molar-refractivity contribution >= 4 is 6.71 Å². The van der Waals surface area contributed by atoms with Gasteiger partial charge >= 0.3 is 0 Å². The summed E-state index contributed by atoms with van der Waals surface area (Å²) in [6, 6.07) is 0. The molecular weight excluding hydrogens is 96.9 g/mol. The van der Waals surface area contributed by atoms with E-state index in [1.165, 1.54) is 19.0 Å². The second-order valence-corrected chi connectivity index (χ2v) is 2.09. The standard InChI is InChI=1S/C6H15B.H3N/c1-4-7(5-2)6-3;/h4-6H2,1-3H3;1H3. The summed E-state index contributed by atoms with van der Waals surface area (Å²) in [6.45, 7) is 7.77. The van der Waals surface area contributed by atoms with Crippen LogP contribution < -0.4 is 6.15 Å². The van der Waals surface area contributed by atoms with Gasteiger partial charge in [0.25, 0.3) is 0 Å². The smallest absolute Gasteiger partial charge is 0.139 e. The van der Waals surface area contributed by atoms with Gasteiger partial charge in [-0.2, -0.15) is 0 Å². The SMILES string of the molecule is CCB(CC)CC.N. The molecular formula is C6H18BN. The molecule has 0 aromatic heterocycles. The highest BCUT2D eigenvalue weighted by Gasteiger charge is 2.01. The van der Waals surface area contributed by atoms with Crippen LogP contribution in [0.3, 0.4) is 0 Å². The summed E-state index contributed by atoms with van der Waals surface area (Å²) in [7, 11) is 0. The molecule has 8 heavy (non-hydrogen) atoms. The fourth-order valence-corrected chi connectivity index (χ4v) is 0.866. The van der Waals surface area contributed by atoms with Crippen LogP contribution in [-0.4, -0.2) is 6.71 Å². The number of hydrogen-bond acceptors (Lipinski definition) is 1. The van der Waals surface area contributed by atoms with Gasteiger partial charge in [-0.05, 0) is 0 Å². The quantitative estimate of drug-likeness (QED) is 0.563. The number of rotatable bonds is 3. The summed E-state index contributed by atoms with van der Waals surface area (Å²) in [5.74, 6) is 0. The first kappa shape index (κ1) is 10.9. The minimum Gasteiger partial charge on any atom is -0.344 e. The molecule has 2 heteroatoms. The van der Waals surface area contributed by atoms with Gasteiger partial charge in [-0.25, -0.2) is 0 Å². The highest BCUT2D eigenvalue weighted by molar-refractivity contribution is 6.58. The third-order valence-corrected chi connectivity index (χ3v) is 1.73. The van der Waals surface area contributed by atoms with Crippen LogP contribution in [0.25, 0.3) is 0 Å². The van der Waals surface area contributed by atoms with Crippen LogP contribution in [0.2, 0.25) is 19.0 Å². The minimum atomic E-state index is 0. The van der Waals surface area contributed by atoms with Crippen molar-refractivity contribution < 1.29 is 0 Å². The Labute approximate surface area is 53.5 Å². The van der Waals surface area contributed by atoms with Gasteiger partial charge in [-0.15, -0.1) is 0 Å². The second-order valence-electron chi connectivity index (χ2n) is 2.09. The van der Waals surface area contributed by atoms with E-state index in [0.29, 0.717) is 0 Å². The fraction of sp³-hybridized carbons (Fsp3) is 1.00. The van der Waals surface area contributed by atoms with Gasteiger partial charge < -0.3 is 6.15 Å². The van der Waals surface area contributed by atoms with E-state index in [1.807, 2.05) is 0 Å². The van der Waals surface area contributed by atoms with Crippen LogP contribution >= 0.6 is 0 Å². The average Bonchev–Trinajstić information content (AvgIpc) is 1.72. The van der Waals surface area contributed by atoms with Crippen molar-refractivity contribution in [2.24, 2.45) is 0 Å². The van der Waals surface area contributed by atoms with E-state index in [-0.39, 0.29) is 6.15 Å². The first-order valence-corrected chi connectivity index (χ1v) is 3.35. The van der Waals surface area contributed by atoms with Gasteiger partial charge in [0.2, 0.25) is 0 Å². The molecule has 0 aromatic carbocycles. The summed E-state index contributed by atoms with van der Waals surface area (Å²) in [6.07, 6.45) is 4.06. The zero-order valence-corrected chi connectivity index (χ0v) is 6.41. The normalized spacial score (nSPS) is 7.88. The predicted octanol–water partition coefficient (Wildman–Crippen LogP) is 2.70. The summed E-state index contributed by atoms with van der Waals surface area (Å²) in [5, 5.41) is 0. The minimum absolute atomic E-state index is 0. The highest BCUT2D eigenvalue weighted by Crippen LogP contribution is 2.01. The lowest BCUT2D eigenvalue weighted by Crippen LogP contribution is -2.04. The first-order chi connectivity index (χ1) is 3.35. The van der Waals surface area contributed by atoms with E-state index in [4.69, 9.17) is 0 Å².